The van der Waals surface area contributed by atoms with Gasteiger partial charge in [0.15, 0.2) is 0 Å². The summed E-state index contributed by atoms with van der Waals surface area (Å²) < 4.78 is 11.2. The minimum Gasteiger partial charge on any atom is -0.375 e. The van der Waals surface area contributed by atoms with Crippen LogP contribution < -0.4 is 0 Å². The monoisotopic (exact) mass is 142 g/mol. The van der Waals surface area contributed by atoms with Crippen molar-refractivity contribution in [2.75, 3.05) is 13.2 Å². The molecule has 0 amide bonds. The number of ether oxygens (including phenoxy) is 2. The van der Waals surface area contributed by atoms with E-state index in [4.69, 9.17) is 9.47 Å². The zero-order valence-corrected chi connectivity index (χ0v) is 6.59. The lowest BCUT2D eigenvalue weighted by Gasteiger charge is -2.30. The van der Waals surface area contributed by atoms with Crippen molar-refractivity contribution in [1.82, 2.24) is 0 Å². The molecular formula is C8H14O2. The Hall–Kier alpha value is -0.0800. The minimum absolute atomic E-state index is 0.0528. The van der Waals surface area contributed by atoms with Gasteiger partial charge in [-0.25, -0.2) is 0 Å². The van der Waals surface area contributed by atoms with Crippen molar-refractivity contribution < 1.29 is 9.47 Å². The largest absolute Gasteiger partial charge is 0.375 e. The van der Waals surface area contributed by atoms with Crippen molar-refractivity contribution in [2.24, 2.45) is 5.92 Å². The van der Waals surface area contributed by atoms with Crippen molar-refractivity contribution in [3.8, 4) is 0 Å². The third kappa shape index (κ3) is 0.867. The molecule has 3 atom stereocenters. The van der Waals surface area contributed by atoms with Gasteiger partial charge in [0.2, 0.25) is 0 Å². The summed E-state index contributed by atoms with van der Waals surface area (Å²) in [5.41, 5.74) is 0.0528. The number of rotatable bonds is 0. The van der Waals surface area contributed by atoms with E-state index >= 15 is 0 Å². The second-order valence-electron chi connectivity index (χ2n) is 3.79. The summed E-state index contributed by atoms with van der Waals surface area (Å²) >= 11 is 0. The van der Waals surface area contributed by atoms with Gasteiger partial charge in [-0.2, -0.15) is 0 Å². The van der Waals surface area contributed by atoms with Crippen molar-refractivity contribution in [3.63, 3.8) is 0 Å². The van der Waals surface area contributed by atoms with E-state index in [-0.39, 0.29) is 5.60 Å². The Morgan fingerprint density at radius 3 is 3.00 bits per heavy atom. The van der Waals surface area contributed by atoms with E-state index in [0.29, 0.717) is 12.0 Å². The van der Waals surface area contributed by atoms with Gasteiger partial charge in [0.25, 0.3) is 0 Å². The zero-order chi connectivity index (χ0) is 7.19. The molecule has 2 heteroatoms. The Kier molecular flexibility index (Phi) is 1.29. The molecule has 0 aromatic rings. The molecule has 0 aliphatic carbocycles. The third-order valence-electron chi connectivity index (χ3n) is 2.57. The quantitative estimate of drug-likeness (QED) is 0.506. The molecule has 0 aromatic carbocycles. The molecule has 2 fully saturated rings. The molecule has 2 saturated heterocycles. The fourth-order valence-electron chi connectivity index (χ4n) is 1.73. The van der Waals surface area contributed by atoms with Crippen LogP contribution in [-0.4, -0.2) is 24.9 Å². The summed E-state index contributed by atoms with van der Waals surface area (Å²) in [7, 11) is 0. The van der Waals surface area contributed by atoms with Gasteiger partial charge in [0.1, 0.15) is 0 Å². The van der Waals surface area contributed by atoms with Crippen molar-refractivity contribution in [2.45, 2.75) is 32.0 Å². The van der Waals surface area contributed by atoms with Crippen LogP contribution in [0.25, 0.3) is 0 Å². The average Bonchev–Trinajstić information content (AvgIpc) is 2.23. The first-order chi connectivity index (χ1) is 4.70. The minimum atomic E-state index is 0.0528. The van der Waals surface area contributed by atoms with Gasteiger partial charge in [-0.1, -0.05) is 6.92 Å². The summed E-state index contributed by atoms with van der Waals surface area (Å²) in [6.45, 7) is 6.00. The van der Waals surface area contributed by atoms with E-state index in [1.54, 1.807) is 0 Å². The molecule has 2 rings (SSSR count). The average molecular weight is 142 g/mol. The van der Waals surface area contributed by atoms with Crippen LogP contribution in [0.4, 0.5) is 0 Å². The van der Waals surface area contributed by atoms with Gasteiger partial charge < -0.3 is 9.47 Å². The molecule has 2 nitrogen and oxygen atoms in total. The molecule has 2 aliphatic heterocycles. The molecule has 58 valence electrons. The Balaban J connectivity index is 2.12. The molecule has 0 N–H and O–H groups in total. The molecular weight excluding hydrogens is 128 g/mol. The van der Waals surface area contributed by atoms with Crippen LogP contribution >= 0.6 is 0 Å². The van der Waals surface area contributed by atoms with Crippen LogP contribution in [0.15, 0.2) is 0 Å². The summed E-state index contributed by atoms with van der Waals surface area (Å²) in [5, 5.41) is 0. The maximum absolute atomic E-state index is 5.64. The van der Waals surface area contributed by atoms with Crippen LogP contribution in [0.5, 0.6) is 0 Å². The van der Waals surface area contributed by atoms with Gasteiger partial charge in [0.05, 0.1) is 24.9 Å². The first kappa shape index (κ1) is 6.62. The van der Waals surface area contributed by atoms with Crippen LogP contribution in [0.2, 0.25) is 0 Å². The molecule has 0 aromatic heterocycles. The van der Waals surface area contributed by atoms with Crippen molar-refractivity contribution in [1.29, 1.82) is 0 Å². The molecule has 0 spiro atoms. The predicted octanol–water partition coefficient (Wildman–Crippen LogP) is 1.20. The maximum Gasteiger partial charge on any atom is 0.0911 e. The van der Waals surface area contributed by atoms with E-state index in [1.165, 1.54) is 0 Å². The van der Waals surface area contributed by atoms with Crippen molar-refractivity contribution >= 4 is 0 Å². The highest BCUT2D eigenvalue weighted by molar-refractivity contribution is 4.91. The van der Waals surface area contributed by atoms with E-state index in [0.717, 1.165) is 19.6 Å². The van der Waals surface area contributed by atoms with Crippen molar-refractivity contribution in [3.05, 3.63) is 0 Å². The van der Waals surface area contributed by atoms with E-state index in [1.807, 2.05) is 0 Å². The lowest BCUT2D eigenvalue weighted by atomic mass is 9.92. The first-order valence-corrected chi connectivity index (χ1v) is 3.95. The number of fused-ring (bicyclic) bond motifs is 2. The highest BCUT2D eigenvalue weighted by Crippen LogP contribution is 2.36. The normalized spacial score (nSPS) is 53.4. The Labute approximate surface area is 61.5 Å². The van der Waals surface area contributed by atoms with E-state index in [2.05, 4.69) is 13.8 Å². The fourth-order valence-corrected chi connectivity index (χ4v) is 1.73. The van der Waals surface area contributed by atoms with Crippen LogP contribution in [0.1, 0.15) is 20.3 Å². The van der Waals surface area contributed by atoms with Crippen LogP contribution in [0, 0.1) is 5.92 Å². The lowest BCUT2D eigenvalue weighted by molar-refractivity contribution is -0.0585. The SMILES string of the molecule is C[C@H]1COC2(C)COC1C2. The predicted molar refractivity (Wildman–Crippen MR) is 37.9 cm³/mol. The standard InChI is InChI=1S/C8H14O2/c1-6-4-10-8(2)3-7(6)9-5-8/h6-7H,3-5H2,1-2H3/t6-,7?,8?/m0/s1. The summed E-state index contributed by atoms with van der Waals surface area (Å²) in [6.07, 6.45) is 1.56. The van der Waals surface area contributed by atoms with E-state index < -0.39 is 0 Å². The molecule has 2 heterocycles. The maximum atomic E-state index is 5.64. The Morgan fingerprint density at radius 2 is 2.30 bits per heavy atom. The van der Waals surface area contributed by atoms with E-state index in [9.17, 15) is 0 Å². The van der Waals surface area contributed by atoms with Gasteiger partial charge in [-0.3, -0.25) is 0 Å². The van der Waals surface area contributed by atoms with Crippen LogP contribution in [0.3, 0.4) is 0 Å². The highest BCUT2D eigenvalue weighted by atomic mass is 16.6. The topological polar surface area (TPSA) is 18.5 Å². The van der Waals surface area contributed by atoms with Gasteiger partial charge in [-0.05, 0) is 6.92 Å². The second-order valence-corrected chi connectivity index (χ2v) is 3.79. The van der Waals surface area contributed by atoms with Gasteiger partial charge >= 0.3 is 0 Å². The Morgan fingerprint density at radius 1 is 1.50 bits per heavy atom. The number of hydrogen-bond acceptors (Lipinski definition) is 2. The van der Waals surface area contributed by atoms with Gasteiger partial charge in [0, 0.05) is 12.3 Å². The lowest BCUT2D eigenvalue weighted by Crippen LogP contribution is -2.37. The molecule has 10 heavy (non-hydrogen) atoms. The molecule has 2 unspecified atom stereocenters. The number of hydrogen-bond donors (Lipinski definition) is 0. The smallest absolute Gasteiger partial charge is 0.0911 e. The van der Waals surface area contributed by atoms with Crippen LogP contribution in [-0.2, 0) is 9.47 Å². The highest BCUT2D eigenvalue weighted by Gasteiger charge is 2.43. The first-order valence-electron chi connectivity index (χ1n) is 3.95. The van der Waals surface area contributed by atoms with Gasteiger partial charge in [-0.15, -0.1) is 0 Å². The molecule has 0 saturated carbocycles. The summed E-state index contributed by atoms with van der Waals surface area (Å²) in [5.74, 6) is 0.593. The third-order valence-corrected chi connectivity index (χ3v) is 2.57. The molecule has 2 bridgehead atoms. The zero-order valence-electron chi connectivity index (χ0n) is 6.59. The fraction of sp³-hybridized carbons (Fsp3) is 1.00. The summed E-state index contributed by atoms with van der Waals surface area (Å²) in [4.78, 5) is 0. The summed E-state index contributed by atoms with van der Waals surface area (Å²) in [6, 6.07) is 0. The molecule has 0 radical (unpaired) electrons. The Bertz CT molecular complexity index is 146. The molecule has 2 aliphatic rings. The second kappa shape index (κ2) is 1.95.